The first-order chi connectivity index (χ1) is 13.1. The zero-order valence-electron chi connectivity index (χ0n) is 15.3. The van der Waals surface area contributed by atoms with Crippen molar-refractivity contribution >= 4 is 28.9 Å². The Balaban J connectivity index is 1.68. The molecule has 1 fully saturated rings. The highest BCUT2D eigenvalue weighted by Gasteiger charge is 2.17. The molecule has 0 atom stereocenters. The average Bonchev–Trinajstić information content (AvgIpc) is 3.21. The largest absolute Gasteiger partial charge is 0.372 e. The van der Waals surface area contributed by atoms with Crippen LogP contribution in [0.4, 0.5) is 17.1 Å². The van der Waals surface area contributed by atoms with Crippen LogP contribution >= 0.6 is 0 Å². The molecule has 3 rings (SSSR count). The van der Waals surface area contributed by atoms with Crippen LogP contribution in [0.1, 0.15) is 25.3 Å². The molecule has 2 aromatic carbocycles. The van der Waals surface area contributed by atoms with Crippen LogP contribution in [0.5, 0.6) is 0 Å². The first kappa shape index (κ1) is 18.5. The highest BCUT2D eigenvalue weighted by Crippen LogP contribution is 2.24. The Bertz CT molecular complexity index is 864. The van der Waals surface area contributed by atoms with Crippen LogP contribution in [0, 0.1) is 11.3 Å². The summed E-state index contributed by atoms with van der Waals surface area (Å²) >= 11 is 0. The summed E-state index contributed by atoms with van der Waals surface area (Å²) in [5, 5.41) is 11.7. The van der Waals surface area contributed by atoms with Gasteiger partial charge in [0, 0.05) is 37.1 Å². The quantitative estimate of drug-likeness (QED) is 0.886. The van der Waals surface area contributed by atoms with Gasteiger partial charge in [-0.05, 0) is 55.3 Å². The summed E-state index contributed by atoms with van der Waals surface area (Å²) in [6.45, 7) is 3.47. The minimum Gasteiger partial charge on any atom is -0.372 e. The molecule has 1 aliphatic rings. The normalized spacial score (nSPS) is 13.1. The molecule has 0 aromatic heterocycles. The van der Waals surface area contributed by atoms with E-state index in [4.69, 9.17) is 5.26 Å². The second kappa shape index (κ2) is 8.37. The van der Waals surface area contributed by atoms with E-state index in [0.29, 0.717) is 16.9 Å². The Labute approximate surface area is 159 Å². The van der Waals surface area contributed by atoms with Gasteiger partial charge in [0.25, 0.3) is 0 Å². The predicted octanol–water partition coefficient (Wildman–Crippen LogP) is 3.15. The van der Waals surface area contributed by atoms with Crippen LogP contribution in [0.15, 0.2) is 48.5 Å². The fourth-order valence-electron chi connectivity index (χ4n) is 3.21. The van der Waals surface area contributed by atoms with E-state index in [1.165, 1.54) is 24.7 Å². The van der Waals surface area contributed by atoms with Gasteiger partial charge >= 0.3 is 0 Å². The molecule has 1 heterocycles. The van der Waals surface area contributed by atoms with E-state index in [0.717, 1.165) is 18.8 Å². The van der Waals surface area contributed by atoms with Crippen LogP contribution in [0.25, 0.3) is 0 Å². The summed E-state index contributed by atoms with van der Waals surface area (Å²) in [4.78, 5) is 28.2. The van der Waals surface area contributed by atoms with Gasteiger partial charge in [-0.2, -0.15) is 5.26 Å². The minimum absolute atomic E-state index is 0.0881. The molecule has 1 aliphatic heterocycles. The van der Waals surface area contributed by atoms with E-state index >= 15 is 0 Å². The van der Waals surface area contributed by atoms with Crippen molar-refractivity contribution in [2.24, 2.45) is 0 Å². The number of nitriles is 1. The van der Waals surface area contributed by atoms with Crippen LogP contribution in [-0.4, -0.2) is 31.4 Å². The van der Waals surface area contributed by atoms with E-state index in [2.05, 4.69) is 10.2 Å². The zero-order chi connectivity index (χ0) is 19.2. The molecule has 1 N–H and O–H groups in total. The second-order valence-corrected chi connectivity index (χ2v) is 6.56. The fraction of sp³-hybridized carbons (Fsp3) is 0.286. The first-order valence-corrected chi connectivity index (χ1v) is 9.00. The molecular weight excluding hydrogens is 340 g/mol. The molecule has 0 unspecified atom stereocenters. The van der Waals surface area contributed by atoms with Crippen LogP contribution in [0.2, 0.25) is 0 Å². The number of carbonyl (C=O) groups excluding carboxylic acids is 2. The van der Waals surface area contributed by atoms with E-state index in [9.17, 15) is 9.59 Å². The fourth-order valence-corrected chi connectivity index (χ4v) is 3.21. The molecule has 0 spiro atoms. The molecule has 6 heteroatoms. The standard InChI is InChI=1S/C21H22N4O2/c1-16(26)25(15-21(27)23-18-6-4-5-17(13-18)14-22)20-9-7-19(8-10-20)24-11-2-3-12-24/h4-10,13H,2-3,11-12,15H2,1H3,(H,23,27). The van der Waals surface area contributed by atoms with E-state index in [1.54, 1.807) is 24.3 Å². The second-order valence-electron chi connectivity index (χ2n) is 6.56. The van der Waals surface area contributed by atoms with Crippen molar-refractivity contribution in [2.75, 3.05) is 34.8 Å². The summed E-state index contributed by atoms with van der Waals surface area (Å²) in [6.07, 6.45) is 2.41. The van der Waals surface area contributed by atoms with Crippen molar-refractivity contribution in [1.82, 2.24) is 0 Å². The number of nitrogens with one attached hydrogen (secondary N) is 1. The van der Waals surface area contributed by atoms with Crippen molar-refractivity contribution in [3.8, 4) is 6.07 Å². The first-order valence-electron chi connectivity index (χ1n) is 9.00. The molecule has 1 saturated heterocycles. The Morgan fingerprint density at radius 3 is 2.48 bits per heavy atom. The van der Waals surface area contributed by atoms with Crippen molar-refractivity contribution in [2.45, 2.75) is 19.8 Å². The van der Waals surface area contributed by atoms with Crippen LogP contribution in [-0.2, 0) is 9.59 Å². The van der Waals surface area contributed by atoms with E-state index in [1.807, 2.05) is 30.3 Å². The summed E-state index contributed by atoms with van der Waals surface area (Å²) in [5.74, 6) is -0.520. The lowest BCUT2D eigenvalue weighted by Gasteiger charge is -2.23. The summed E-state index contributed by atoms with van der Waals surface area (Å²) < 4.78 is 0. The summed E-state index contributed by atoms with van der Waals surface area (Å²) in [7, 11) is 0. The maximum absolute atomic E-state index is 12.4. The van der Waals surface area contributed by atoms with Crippen molar-refractivity contribution in [3.05, 3.63) is 54.1 Å². The number of amides is 2. The molecule has 138 valence electrons. The maximum atomic E-state index is 12.4. The Kier molecular flexibility index (Phi) is 5.72. The Morgan fingerprint density at radius 2 is 1.85 bits per heavy atom. The number of hydrogen-bond donors (Lipinski definition) is 1. The Morgan fingerprint density at radius 1 is 1.15 bits per heavy atom. The molecule has 0 bridgehead atoms. The molecule has 0 radical (unpaired) electrons. The van der Waals surface area contributed by atoms with Gasteiger partial charge in [0.2, 0.25) is 11.8 Å². The monoisotopic (exact) mass is 362 g/mol. The maximum Gasteiger partial charge on any atom is 0.244 e. The lowest BCUT2D eigenvalue weighted by molar-refractivity contribution is -0.120. The van der Waals surface area contributed by atoms with Gasteiger partial charge in [-0.3, -0.25) is 9.59 Å². The van der Waals surface area contributed by atoms with Gasteiger partial charge in [-0.1, -0.05) is 6.07 Å². The summed E-state index contributed by atoms with van der Waals surface area (Å²) in [6, 6.07) is 16.4. The van der Waals surface area contributed by atoms with Gasteiger partial charge in [-0.15, -0.1) is 0 Å². The third kappa shape index (κ3) is 4.64. The third-order valence-corrected chi connectivity index (χ3v) is 4.59. The highest BCUT2D eigenvalue weighted by molar-refractivity contribution is 6.01. The predicted molar refractivity (Wildman–Crippen MR) is 106 cm³/mol. The number of carbonyl (C=O) groups is 2. The lowest BCUT2D eigenvalue weighted by Crippen LogP contribution is -2.36. The van der Waals surface area contributed by atoms with Crippen LogP contribution < -0.4 is 15.1 Å². The van der Waals surface area contributed by atoms with Crippen molar-refractivity contribution in [1.29, 1.82) is 5.26 Å². The number of anilines is 3. The van der Waals surface area contributed by atoms with Gasteiger partial charge in [0.1, 0.15) is 6.54 Å². The Hall–Kier alpha value is -3.33. The lowest BCUT2D eigenvalue weighted by atomic mass is 10.2. The summed E-state index contributed by atoms with van der Waals surface area (Å²) in [5.41, 5.74) is 2.82. The molecule has 6 nitrogen and oxygen atoms in total. The molecule has 2 aromatic rings. The van der Waals surface area contributed by atoms with Gasteiger partial charge in [0.05, 0.1) is 11.6 Å². The smallest absolute Gasteiger partial charge is 0.244 e. The van der Waals surface area contributed by atoms with Crippen molar-refractivity contribution in [3.63, 3.8) is 0 Å². The number of nitrogens with zero attached hydrogens (tertiary/aromatic N) is 3. The average molecular weight is 362 g/mol. The van der Waals surface area contributed by atoms with Gasteiger partial charge in [-0.25, -0.2) is 0 Å². The molecule has 0 saturated carbocycles. The number of benzene rings is 2. The molecule has 27 heavy (non-hydrogen) atoms. The SMILES string of the molecule is CC(=O)N(CC(=O)Nc1cccc(C#N)c1)c1ccc(N2CCCC2)cc1. The van der Waals surface area contributed by atoms with Gasteiger partial charge < -0.3 is 15.1 Å². The highest BCUT2D eigenvalue weighted by atomic mass is 16.2. The number of rotatable bonds is 5. The number of hydrogen-bond acceptors (Lipinski definition) is 4. The van der Waals surface area contributed by atoms with E-state index < -0.39 is 0 Å². The molecule has 2 amide bonds. The van der Waals surface area contributed by atoms with Crippen molar-refractivity contribution < 1.29 is 9.59 Å². The molecular formula is C21H22N4O2. The minimum atomic E-state index is -0.316. The van der Waals surface area contributed by atoms with E-state index in [-0.39, 0.29) is 18.4 Å². The molecule has 0 aliphatic carbocycles. The van der Waals surface area contributed by atoms with Gasteiger partial charge in [0.15, 0.2) is 0 Å². The van der Waals surface area contributed by atoms with Crippen LogP contribution in [0.3, 0.4) is 0 Å². The zero-order valence-corrected chi connectivity index (χ0v) is 15.3. The third-order valence-electron chi connectivity index (χ3n) is 4.59. The topological polar surface area (TPSA) is 76.4 Å².